The van der Waals surface area contributed by atoms with Crippen molar-refractivity contribution in [3.63, 3.8) is 0 Å². The molecule has 0 aliphatic carbocycles. The Morgan fingerprint density at radius 3 is 1.81 bits per heavy atom. The van der Waals surface area contributed by atoms with Gasteiger partial charge in [0.2, 0.25) is 0 Å². The normalized spacial score (nSPS) is 14.1. The highest BCUT2D eigenvalue weighted by Gasteiger charge is 2.74. The number of rotatable bonds is 4. The summed E-state index contributed by atoms with van der Waals surface area (Å²) in [7, 11) is 0. The molecule has 0 radical (unpaired) electrons. The van der Waals surface area contributed by atoms with Crippen molar-refractivity contribution in [2.45, 2.75) is 18.0 Å². The van der Waals surface area contributed by atoms with Crippen molar-refractivity contribution in [2.75, 3.05) is 0 Å². The molecule has 1 rings (SSSR count). The van der Waals surface area contributed by atoms with E-state index in [4.69, 9.17) is 5.11 Å². The third-order valence-corrected chi connectivity index (χ3v) is 2.44. The quantitative estimate of drug-likeness (QED) is 0.674. The zero-order valence-corrected chi connectivity index (χ0v) is 9.97. The SMILES string of the molecule is O=C(O)C=C(c1ccccc1)C(F)(F)C(F)(F)C(F)(F)F. The number of carboxylic acid groups (broad SMARTS) is 1. The average Bonchev–Trinajstić information content (AvgIpc) is 2.35. The molecule has 0 saturated heterocycles. The van der Waals surface area contributed by atoms with Gasteiger partial charge in [0.25, 0.3) is 0 Å². The van der Waals surface area contributed by atoms with Gasteiger partial charge in [-0.25, -0.2) is 4.79 Å². The standard InChI is InChI=1S/C12H7F7O2/c13-10(14,11(15,16)12(17,18)19)8(6-9(20)21)7-4-2-1-3-5-7/h1-6H,(H,20,21). The molecule has 1 aromatic carbocycles. The lowest BCUT2D eigenvalue weighted by atomic mass is 9.94. The Morgan fingerprint density at radius 2 is 1.43 bits per heavy atom. The maximum atomic E-state index is 13.6. The van der Waals surface area contributed by atoms with Gasteiger partial charge in [0.05, 0.1) is 0 Å². The van der Waals surface area contributed by atoms with E-state index in [-0.39, 0.29) is 6.08 Å². The van der Waals surface area contributed by atoms with Crippen molar-refractivity contribution in [3.8, 4) is 0 Å². The van der Waals surface area contributed by atoms with Crippen LogP contribution in [0.3, 0.4) is 0 Å². The van der Waals surface area contributed by atoms with E-state index in [0.29, 0.717) is 0 Å². The first kappa shape index (κ1) is 17.0. The van der Waals surface area contributed by atoms with Crippen LogP contribution in [0.25, 0.3) is 5.57 Å². The Balaban J connectivity index is 3.50. The van der Waals surface area contributed by atoms with Crippen molar-refractivity contribution >= 4 is 11.5 Å². The lowest BCUT2D eigenvalue weighted by Crippen LogP contribution is -2.52. The summed E-state index contributed by atoms with van der Waals surface area (Å²) in [6.45, 7) is 0. The molecule has 116 valence electrons. The smallest absolute Gasteiger partial charge is 0.460 e. The number of hydrogen-bond donors (Lipinski definition) is 1. The van der Waals surface area contributed by atoms with Crippen LogP contribution in [0.5, 0.6) is 0 Å². The predicted molar refractivity (Wildman–Crippen MR) is 58.0 cm³/mol. The van der Waals surface area contributed by atoms with Gasteiger partial charge in [-0.1, -0.05) is 30.3 Å². The highest BCUT2D eigenvalue weighted by molar-refractivity contribution is 5.92. The maximum absolute atomic E-state index is 13.6. The summed E-state index contributed by atoms with van der Waals surface area (Å²) in [5.41, 5.74) is -2.69. The molecule has 1 N–H and O–H groups in total. The molecule has 0 fully saturated rings. The summed E-state index contributed by atoms with van der Waals surface area (Å²) in [6.07, 6.45) is -6.90. The van der Waals surface area contributed by atoms with Gasteiger partial charge >= 0.3 is 24.0 Å². The van der Waals surface area contributed by atoms with Crippen LogP contribution in [0.4, 0.5) is 30.7 Å². The summed E-state index contributed by atoms with van der Waals surface area (Å²) in [5.74, 6) is -14.2. The van der Waals surface area contributed by atoms with Crippen LogP contribution in [-0.2, 0) is 4.79 Å². The first-order valence-electron chi connectivity index (χ1n) is 5.24. The Morgan fingerprint density at radius 1 is 0.952 bits per heavy atom. The number of benzene rings is 1. The third-order valence-electron chi connectivity index (χ3n) is 2.44. The summed E-state index contributed by atoms with van der Waals surface area (Å²) >= 11 is 0. The molecular formula is C12H7F7O2. The van der Waals surface area contributed by atoms with Gasteiger partial charge in [-0.3, -0.25) is 0 Å². The van der Waals surface area contributed by atoms with Crippen LogP contribution in [0.1, 0.15) is 5.56 Å². The fourth-order valence-corrected chi connectivity index (χ4v) is 1.44. The van der Waals surface area contributed by atoms with Gasteiger partial charge in [0.15, 0.2) is 0 Å². The first-order chi connectivity index (χ1) is 9.41. The Hall–Kier alpha value is -2.06. The molecule has 0 saturated carbocycles. The first-order valence-corrected chi connectivity index (χ1v) is 5.24. The largest absolute Gasteiger partial charge is 0.478 e. The molecule has 0 atom stereocenters. The van der Waals surface area contributed by atoms with E-state index in [1.165, 1.54) is 6.07 Å². The van der Waals surface area contributed by atoms with E-state index in [1.54, 1.807) is 0 Å². The van der Waals surface area contributed by atoms with Crippen molar-refractivity contribution in [3.05, 3.63) is 42.0 Å². The average molecular weight is 316 g/mol. The van der Waals surface area contributed by atoms with Crippen LogP contribution in [-0.4, -0.2) is 29.1 Å². The third kappa shape index (κ3) is 3.17. The molecule has 1 aromatic rings. The second-order valence-corrected chi connectivity index (χ2v) is 3.91. The molecule has 0 aliphatic rings. The van der Waals surface area contributed by atoms with E-state index in [1.807, 2.05) is 0 Å². The Kier molecular flexibility index (Phi) is 4.35. The summed E-state index contributed by atoms with van der Waals surface area (Å²) in [5, 5.41) is 8.44. The van der Waals surface area contributed by atoms with Gasteiger partial charge in [-0.2, -0.15) is 30.7 Å². The molecule has 2 nitrogen and oxygen atoms in total. The molecule has 0 amide bonds. The molecule has 0 unspecified atom stereocenters. The molecule has 0 aliphatic heterocycles. The number of alkyl halides is 7. The fourth-order valence-electron chi connectivity index (χ4n) is 1.44. The minimum Gasteiger partial charge on any atom is -0.478 e. The van der Waals surface area contributed by atoms with E-state index in [9.17, 15) is 35.5 Å². The number of carbonyl (C=O) groups is 1. The Bertz CT molecular complexity index is 546. The van der Waals surface area contributed by atoms with Crippen LogP contribution in [0.2, 0.25) is 0 Å². The van der Waals surface area contributed by atoms with Gasteiger partial charge in [-0.15, -0.1) is 0 Å². The zero-order chi connectivity index (χ0) is 16.5. The highest BCUT2D eigenvalue weighted by atomic mass is 19.4. The van der Waals surface area contributed by atoms with E-state index in [0.717, 1.165) is 24.3 Å². The highest BCUT2D eigenvalue weighted by Crippen LogP contribution is 2.52. The molecular weight excluding hydrogens is 309 g/mol. The predicted octanol–water partition coefficient (Wildman–Crippen LogP) is 3.99. The molecule has 9 heteroatoms. The van der Waals surface area contributed by atoms with Gasteiger partial charge < -0.3 is 5.11 Å². The number of allylic oxidation sites excluding steroid dienone is 1. The number of aliphatic carboxylic acids is 1. The lowest BCUT2D eigenvalue weighted by molar-refractivity contribution is -0.338. The van der Waals surface area contributed by atoms with Crippen LogP contribution in [0, 0.1) is 0 Å². The second-order valence-electron chi connectivity index (χ2n) is 3.91. The minimum absolute atomic E-state index is 0.366. The number of hydrogen-bond acceptors (Lipinski definition) is 1. The number of carboxylic acids is 1. The van der Waals surface area contributed by atoms with Gasteiger partial charge in [0, 0.05) is 11.6 Å². The fraction of sp³-hybridized carbons (Fsp3) is 0.250. The van der Waals surface area contributed by atoms with Crippen molar-refractivity contribution in [2.24, 2.45) is 0 Å². The maximum Gasteiger partial charge on any atom is 0.460 e. The molecule has 0 bridgehead atoms. The van der Waals surface area contributed by atoms with E-state index >= 15 is 0 Å². The molecule has 21 heavy (non-hydrogen) atoms. The van der Waals surface area contributed by atoms with Crippen LogP contribution >= 0.6 is 0 Å². The molecule has 0 spiro atoms. The van der Waals surface area contributed by atoms with Crippen LogP contribution in [0.15, 0.2) is 36.4 Å². The van der Waals surface area contributed by atoms with Crippen molar-refractivity contribution < 1.29 is 40.6 Å². The summed E-state index contributed by atoms with van der Waals surface area (Å²) < 4.78 is 89.6. The molecule has 0 heterocycles. The van der Waals surface area contributed by atoms with Gasteiger partial charge in [-0.05, 0) is 5.56 Å². The monoisotopic (exact) mass is 316 g/mol. The van der Waals surface area contributed by atoms with Crippen LogP contribution < -0.4 is 0 Å². The van der Waals surface area contributed by atoms with Gasteiger partial charge in [0.1, 0.15) is 0 Å². The minimum atomic E-state index is -6.54. The molecule has 0 aromatic heterocycles. The van der Waals surface area contributed by atoms with Crippen molar-refractivity contribution in [1.82, 2.24) is 0 Å². The Labute approximate surface area is 113 Å². The second kappa shape index (κ2) is 5.38. The lowest BCUT2D eigenvalue weighted by Gasteiger charge is -2.30. The zero-order valence-electron chi connectivity index (χ0n) is 9.97. The topological polar surface area (TPSA) is 37.3 Å². The summed E-state index contributed by atoms with van der Waals surface area (Å²) in [4.78, 5) is 10.5. The van der Waals surface area contributed by atoms with Crippen molar-refractivity contribution in [1.29, 1.82) is 0 Å². The van der Waals surface area contributed by atoms with E-state index < -0.39 is 35.1 Å². The number of halogens is 7. The van der Waals surface area contributed by atoms with E-state index in [2.05, 4.69) is 0 Å². The summed E-state index contributed by atoms with van der Waals surface area (Å²) in [6, 6.07) is 5.08.